The van der Waals surface area contributed by atoms with E-state index in [1.165, 1.54) is 6.07 Å². The number of hydrogen-bond donors (Lipinski definition) is 1. The second-order valence-corrected chi connectivity index (χ2v) is 9.72. The van der Waals surface area contributed by atoms with Crippen molar-refractivity contribution >= 4 is 34.6 Å². The molecule has 1 atom stereocenters. The first kappa shape index (κ1) is 25.6. The van der Waals surface area contributed by atoms with Crippen LogP contribution < -0.4 is 10.9 Å². The van der Waals surface area contributed by atoms with Crippen molar-refractivity contribution in [2.45, 2.75) is 52.7 Å². The zero-order chi connectivity index (χ0) is 24.8. The van der Waals surface area contributed by atoms with E-state index in [1.54, 1.807) is 30.0 Å². The number of thioether (sulfide) groups is 1. The summed E-state index contributed by atoms with van der Waals surface area (Å²) in [6.45, 7) is 8.00. The van der Waals surface area contributed by atoms with Crippen LogP contribution in [0.4, 0.5) is 0 Å². The Morgan fingerprint density at radius 3 is 2.56 bits per heavy atom. The topological polar surface area (TPSA) is 85.6 Å². The van der Waals surface area contributed by atoms with Crippen molar-refractivity contribution < 1.29 is 18.7 Å². The monoisotopic (exact) mass is 481 g/mol. The van der Waals surface area contributed by atoms with E-state index in [2.05, 4.69) is 19.2 Å². The van der Waals surface area contributed by atoms with Crippen LogP contribution in [0, 0.1) is 13.8 Å². The Hall–Kier alpha value is -3.06. The van der Waals surface area contributed by atoms with Crippen LogP contribution >= 0.6 is 11.8 Å². The van der Waals surface area contributed by atoms with E-state index in [9.17, 15) is 14.4 Å². The first-order chi connectivity index (χ1) is 16.2. The Morgan fingerprint density at radius 2 is 1.88 bits per heavy atom. The average molecular weight is 482 g/mol. The predicted octanol–water partition coefficient (Wildman–Crippen LogP) is 5.13. The van der Waals surface area contributed by atoms with Crippen molar-refractivity contribution in [3.63, 3.8) is 0 Å². The van der Waals surface area contributed by atoms with Gasteiger partial charge in [-0.25, -0.2) is 9.59 Å². The zero-order valence-corrected chi connectivity index (χ0v) is 21.1. The van der Waals surface area contributed by atoms with E-state index < -0.39 is 17.6 Å². The van der Waals surface area contributed by atoms with Gasteiger partial charge in [0.05, 0.1) is 0 Å². The van der Waals surface area contributed by atoms with Gasteiger partial charge in [0.15, 0.2) is 0 Å². The summed E-state index contributed by atoms with van der Waals surface area (Å²) in [5.74, 6) is 0.115. The SMILES string of the molecule is CSCCC(NC(=O)c1cccc(C)c1)C(=O)OCc1cc(=O)oc2cc(C)c(C(C)C)cc12. The summed E-state index contributed by atoms with van der Waals surface area (Å²) in [6.07, 6.45) is 2.38. The molecular formula is C27H31NO5S. The number of aryl methyl sites for hydroxylation is 2. The summed E-state index contributed by atoms with van der Waals surface area (Å²) < 4.78 is 11.0. The molecule has 180 valence electrons. The number of rotatable bonds is 9. The normalized spacial score (nSPS) is 12.1. The molecule has 0 radical (unpaired) electrons. The highest BCUT2D eigenvalue weighted by Crippen LogP contribution is 2.27. The molecule has 1 amide bonds. The minimum Gasteiger partial charge on any atom is -0.459 e. The molecule has 0 aliphatic carbocycles. The molecule has 0 aliphatic rings. The maximum Gasteiger partial charge on any atom is 0.336 e. The van der Waals surface area contributed by atoms with Gasteiger partial charge in [-0.05, 0) is 73.6 Å². The molecule has 0 saturated heterocycles. The lowest BCUT2D eigenvalue weighted by atomic mass is 9.95. The lowest BCUT2D eigenvalue weighted by Crippen LogP contribution is -2.42. The van der Waals surface area contributed by atoms with Gasteiger partial charge in [-0.1, -0.05) is 31.5 Å². The van der Waals surface area contributed by atoms with Crippen LogP contribution in [0.1, 0.15) is 58.8 Å². The number of ether oxygens (including phenoxy) is 1. The number of fused-ring (bicyclic) bond motifs is 1. The molecule has 0 saturated carbocycles. The Balaban J connectivity index is 1.81. The van der Waals surface area contributed by atoms with Crippen LogP contribution in [0.25, 0.3) is 11.0 Å². The number of amides is 1. The third kappa shape index (κ3) is 6.29. The molecule has 6 nitrogen and oxygen atoms in total. The third-order valence-corrected chi connectivity index (χ3v) is 6.33. The maximum atomic E-state index is 13.0. The molecule has 3 aromatic rings. The largest absolute Gasteiger partial charge is 0.459 e. The number of esters is 1. The number of carbonyl (C=O) groups excluding carboxylic acids is 2. The summed E-state index contributed by atoms with van der Waals surface area (Å²) in [7, 11) is 0. The van der Waals surface area contributed by atoms with Crippen molar-refractivity contribution in [3.05, 3.63) is 80.7 Å². The minimum atomic E-state index is -0.791. The lowest BCUT2D eigenvalue weighted by Gasteiger charge is -2.18. The highest BCUT2D eigenvalue weighted by Gasteiger charge is 2.23. The van der Waals surface area contributed by atoms with Gasteiger partial charge in [-0.2, -0.15) is 11.8 Å². The van der Waals surface area contributed by atoms with Gasteiger partial charge < -0.3 is 14.5 Å². The van der Waals surface area contributed by atoms with E-state index in [0.29, 0.717) is 34.8 Å². The van der Waals surface area contributed by atoms with Gasteiger partial charge in [0, 0.05) is 22.6 Å². The van der Waals surface area contributed by atoms with Gasteiger partial charge in [0.1, 0.15) is 18.2 Å². The number of nitrogens with one attached hydrogen (secondary N) is 1. The van der Waals surface area contributed by atoms with E-state index >= 15 is 0 Å². The van der Waals surface area contributed by atoms with Gasteiger partial charge in [-0.3, -0.25) is 4.79 Å². The molecule has 1 heterocycles. The molecular weight excluding hydrogens is 450 g/mol. The molecule has 3 rings (SSSR count). The predicted molar refractivity (Wildman–Crippen MR) is 137 cm³/mol. The maximum absolute atomic E-state index is 13.0. The van der Waals surface area contributed by atoms with Crippen molar-refractivity contribution in [1.82, 2.24) is 5.32 Å². The summed E-state index contributed by atoms with van der Waals surface area (Å²) in [5, 5.41) is 3.55. The fourth-order valence-electron chi connectivity index (χ4n) is 3.89. The zero-order valence-electron chi connectivity index (χ0n) is 20.3. The van der Waals surface area contributed by atoms with Crippen molar-refractivity contribution in [2.24, 2.45) is 0 Å². The molecule has 1 N–H and O–H groups in total. The molecule has 2 aromatic carbocycles. The van der Waals surface area contributed by atoms with E-state index in [0.717, 1.165) is 22.1 Å². The molecule has 0 aliphatic heterocycles. The Labute approximate surface area is 204 Å². The molecule has 0 spiro atoms. The summed E-state index contributed by atoms with van der Waals surface area (Å²) in [6, 6.07) is 11.6. The number of benzene rings is 2. The van der Waals surface area contributed by atoms with Crippen LogP contribution in [-0.4, -0.2) is 29.9 Å². The van der Waals surface area contributed by atoms with Gasteiger partial charge in [-0.15, -0.1) is 0 Å². The van der Waals surface area contributed by atoms with Crippen LogP contribution in [0.3, 0.4) is 0 Å². The molecule has 34 heavy (non-hydrogen) atoms. The number of carbonyl (C=O) groups is 2. The quantitative estimate of drug-likeness (QED) is 0.337. The first-order valence-corrected chi connectivity index (χ1v) is 12.7. The second-order valence-electron chi connectivity index (χ2n) is 8.74. The average Bonchev–Trinajstić information content (AvgIpc) is 2.79. The fourth-order valence-corrected chi connectivity index (χ4v) is 4.37. The Morgan fingerprint density at radius 1 is 1.12 bits per heavy atom. The first-order valence-electron chi connectivity index (χ1n) is 11.3. The van der Waals surface area contributed by atoms with Gasteiger partial charge in [0.25, 0.3) is 5.91 Å². The van der Waals surface area contributed by atoms with E-state index in [1.807, 2.05) is 38.3 Å². The van der Waals surface area contributed by atoms with Crippen LogP contribution in [0.5, 0.6) is 0 Å². The Kier molecular flexibility index (Phi) is 8.56. The molecule has 0 fully saturated rings. The summed E-state index contributed by atoms with van der Waals surface area (Å²) in [5.41, 5.74) is 4.17. The highest BCUT2D eigenvalue weighted by molar-refractivity contribution is 7.98. The van der Waals surface area contributed by atoms with Crippen LogP contribution in [0.2, 0.25) is 0 Å². The molecule has 7 heteroatoms. The summed E-state index contributed by atoms with van der Waals surface area (Å²) >= 11 is 1.58. The fraction of sp³-hybridized carbons (Fsp3) is 0.370. The van der Waals surface area contributed by atoms with E-state index in [4.69, 9.17) is 9.15 Å². The number of hydrogen-bond acceptors (Lipinski definition) is 6. The van der Waals surface area contributed by atoms with E-state index in [-0.39, 0.29) is 12.5 Å². The van der Waals surface area contributed by atoms with Gasteiger partial charge >= 0.3 is 11.6 Å². The Bertz CT molecular complexity index is 1250. The van der Waals surface area contributed by atoms with Crippen LogP contribution in [-0.2, 0) is 16.1 Å². The third-order valence-electron chi connectivity index (χ3n) is 5.69. The standard InChI is InChI=1S/C27H31NO5S/c1-16(2)21-14-22-20(13-25(29)33-24(22)12-18(21)4)15-32-27(31)23(9-10-34-5)28-26(30)19-8-6-7-17(3)11-19/h6-8,11-14,16,23H,9-10,15H2,1-5H3,(H,28,30). The summed E-state index contributed by atoms with van der Waals surface area (Å²) in [4.78, 5) is 37.8. The lowest BCUT2D eigenvalue weighted by molar-refractivity contribution is -0.147. The van der Waals surface area contributed by atoms with Gasteiger partial charge in [0.2, 0.25) is 0 Å². The van der Waals surface area contributed by atoms with Crippen molar-refractivity contribution in [1.29, 1.82) is 0 Å². The van der Waals surface area contributed by atoms with Crippen molar-refractivity contribution in [2.75, 3.05) is 12.0 Å². The van der Waals surface area contributed by atoms with Crippen molar-refractivity contribution in [3.8, 4) is 0 Å². The minimum absolute atomic E-state index is 0.0857. The smallest absolute Gasteiger partial charge is 0.336 e. The molecule has 1 unspecified atom stereocenters. The van der Waals surface area contributed by atoms with Crippen LogP contribution in [0.15, 0.2) is 51.7 Å². The highest BCUT2D eigenvalue weighted by atomic mass is 32.2. The molecule has 1 aromatic heterocycles. The molecule has 0 bridgehead atoms. The second kappa shape index (κ2) is 11.4.